The second-order valence-electron chi connectivity index (χ2n) is 7.09. The molecule has 0 aliphatic rings. The number of fused-ring (bicyclic) bond motifs is 1. The van der Waals surface area contributed by atoms with E-state index in [1.54, 1.807) is 19.2 Å². The van der Waals surface area contributed by atoms with Crippen molar-refractivity contribution in [2.45, 2.75) is 26.7 Å². The molecule has 2 N–H and O–H groups in total. The molecule has 0 atom stereocenters. The minimum absolute atomic E-state index is 0.221. The Kier molecular flexibility index (Phi) is 6.84. The fraction of sp³-hybridized carbons (Fsp3) is 0.273. The largest absolute Gasteiger partial charge is 0.497 e. The molecule has 0 aliphatic heterocycles. The summed E-state index contributed by atoms with van der Waals surface area (Å²) in [6.07, 6.45) is 0. The SMILES string of the molecule is COc1ccc2c(Cl)c(C(=O)NNC(=O)COc3cc(C)ccc3C(C)C)sc2c1. The van der Waals surface area contributed by atoms with Crippen molar-refractivity contribution in [1.82, 2.24) is 10.9 Å². The number of amides is 2. The number of methoxy groups -OCH3 is 1. The van der Waals surface area contributed by atoms with Gasteiger partial charge in [-0.15, -0.1) is 11.3 Å². The summed E-state index contributed by atoms with van der Waals surface area (Å²) in [6.45, 7) is 5.85. The van der Waals surface area contributed by atoms with E-state index in [1.165, 1.54) is 11.3 Å². The molecule has 0 radical (unpaired) electrons. The van der Waals surface area contributed by atoms with Gasteiger partial charge in [0, 0.05) is 10.1 Å². The molecule has 0 saturated heterocycles. The van der Waals surface area contributed by atoms with E-state index in [0.29, 0.717) is 21.4 Å². The summed E-state index contributed by atoms with van der Waals surface area (Å²) in [7, 11) is 1.57. The molecule has 1 heterocycles. The predicted molar refractivity (Wildman–Crippen MR) is 120 cm³/mol. The van der Waals surface area contributed by atoms with Gasteiger partial charge in [-0.05, 0) is 48.2 Å². The maximum Gasteiger partial charge on any atom is 0.281 e. The molecule has 3 aromatic rings. The first-order chi connectivity index (χ1) is 14.3. The summed E-state index contributed by atoms with van der Waals surface area (Å²) in [5.74, 6) is 0.630. The second-order valence-corrected chi connectivity index (χ2v) is 8.52. The van der Waals surface area contributed by atoms with E-state index < -0.39 is 11.8 Å². The molecule has 30 heavy (non-hydrogen) atoms. The van der Waals surface area contributed by atoms with Crippen molar-refractivity contribution < 1.29 is 19.1 Å². The number of thiophene rings is 1. The Bertz CT molecular complexity index is 1090. The summed E-state index contributed by atoms with van der Waals surface area (Å²) >= 11 is 7.56. The second kappa shape index (κ2) is 9.36. The quantitative estimate of drug-likeness (QED) is 0.531. The fourth-order valence-electron chi connectivity index (χ4n) is 2.92. The van der Waals surface area contributed by atoms with Gasteiger partial charge in [0.15, 0.2) is 6.61 Å². The Hall–Kier alpha value is -2.77. The van der Waals surface area contributed by atoms with E-state index in [9.17, 15) is 9.59 Å². The van der Waals surface area contributed by atoms with Crippen LogP contribution in [0.15, 0.2) is 36.4 Å². The molecule has 0 bridgehead atoms. The first-order valence-electron chi connectivity index (χ1n) is 9.38. The minimum Gasteiger partial charge on any atom is -0.497 e. The molecule has 2 amide bonds. The smallest absolute Gasteiger partial charge is 0.281 e. The fourth-order valence-corrected chi connectivity index (χ4v) is 4.37. The molecular formula is C22H23ClN2O4S. The van der Waals surface area contributed by atoms with Gasteiger partial charge in [-0.3, -0.25) is 20.4 Å². The Morgan fingerprint density at radius 1 is 1.13 bits per heavy atom. The molecule has 158 valence electrons. The van der Waals surface area contributed by atoms with Crippen LogP contribution in [0.4, 0.5) is 0 Å². The van der Waals surface area contributed by atoms with Gasteiger partial charge in [-0.1, -0.05) is 37.6 Å². The topological polar surface area (TPSA) is 76.7 Å². The lowest BCUT2D eigenvalue weighted by Gasteiger charge is -2.15. The number of benzene rings is 2. The summed E-state index contributed by atoms with van der Waals surface area (Å²) < 4.78 is 11.7. The van der Waals surface area contributed by atoms with Crippen LogP contribution in [0.2, 0.25) is 5.02 Å². The lowest BCUT2D eigenvalue weighted by molar-refractivity contribution is -0.123. The summed E-state index contributed by atoms with van der Waals surface area (Å²) in [4.78, 5) is 25.0. The molecule has 1 aromatic heterocycles. The summed E-state index contributed by atoms with van der Waals surface area (Å²) in [5.41, 5.74) is 6.82. The third-order valence-corrected chi connectivity index (χ3v) is 6.16. The third kappa shape index (κ3) is 4.86. The van der Waals surface area contributed by atoms with Crippen molar-refractivity contribution in [3.05, 3.63) is 57.4 Å². The van der Waals surface area contributed by atoms with Crippen LogP contribution < -0.4 is 20.3 Å². The van der Waals surface area contributed by atoms with Crippen LogP contribution in [0.5, 0.6) is 11.5 Å². The number of hydrogen-bond donors (Lipinski definition) is 2. The van der Waals surface area contributed by atoms with E-state index in [1.807, 2.05) is 31.2 Å². The van der Waals surface area contributed by atoms with Gasteiger partial charge in [0.1, 0.15) is 16.4 Å². The van der Waals surface area contributed by atoms with Crippen LogP contribution >= 0.6 is 22.9 Å². The Balaban J connectivity index is 1.61. The normalized spacial score (nSPS) is 10.9. The number of hydrazine groups is 1. The van der Waals surface area contributed by atoms with Crippen LogP contribution in [0.25, 0.3) is 10.1 Å². The van der Waals surface area contributed by atoms with Crippen LogP contribution in [0, 0.1) is 6.92 Å². The van der Waals surface area contributed by atoms with Crippen LogP contribution in [-0.4, -0.2) is 25.5 Å². The lowest BCUT2D eigenvalue weighted by Crippen LogP contribution is -2.43. The van der Waals surface area contributed by atoms with Crippen LogP contribution in [0.1, 0.15) is 40.6 Å². The molecule has 8 heteroatoms. The van der Waals surface area contributed by atoms with Gasteiger partial charge in [0.25, 0.3) is 11.8 Å². The maximum absolute atomic E-state index is 12.5. The number of carbonyl (C=O) groups is 2. The molecule has 3 rings (SSSR count). The van der Waals surface area contributed by atoms with Crippen molar-refractivity contribution in [2.24, 2.45) is 0 Å². The van der Waals surface area contributed by atoms with Gasteiger partial charge in [0.2, 0.25) is 0 Å². The molecule has 2 aromatic carbocycles. The zero-order valence-electron chi connectivity index (χ0n) is 17.2. The van der Waals surface area contributed by atoms with Crippen molar-refractivity contribution in [3.8, 4) is 11.5 Å². The minimum atomic E-state index is -0.494. The monoisotopic (exact) mass is 446 g/mol. The molecule has 6 nitrogen and oxygen atoms in total. The van der Waals surface area contributed by atoms with Crippen LogP contribution in [-0.2, 0) is 4.79 Å². The lowest BCUT2D eigenvalue weighted by atomic mass is 10.0. The highest BCUT2D eigenvalue weighted by molar-refractivity contribution is 7.21. The highest BCUT2D eigenvalue weighted by Crippen LogP contribution is 2.37. The molecule has 0 fully saturated rings. The number of rotatable bonds is 6. The van der Waals surface area contributed by atoms with Crippen molar-refractivity contribution >= 4 is 44.8 Å². The number of carbonyl (C=O) groups excluding carboxylic acids is 2. The maximum atomic E-state index is 12.5. The highest BCUT2D eigenvalue weighted by Gasteiger charge is 2.18. The van der Waals surface area contributed by atoms with E-state index in [4.69, 9.17) is 21.1 Å². The van der Waals surface area contributed by atoms with E-state index in [0.717, 1.165) is 21.2 Å². The molecule has 0 aliphatic carbocycles. The van der Waals surface area contributed by atoms with Gasteiger partial charge in [-0.2, -0.15) is 0 Å². The van der Waals surface area contributed by atoms with Crippen molar-refractivity contribution in [3.63, 3.8) is 0 Å². The third-order valence-electron chi connectivity index (χ3n) is 4.51. The molecule has 0 saturated carbocycles. The average molecular weight is 447 g/mol. The molecular weight excluding hydrogens is 424 g/mol. The molecule has 0 unspecified atom stereocenters. The standard InChI is InChI=1S/C22H23ClN2O4S/c1-12(2)15-7-5-13(3)9-17(15)29-11-19(26)24-25-22(27)21-20(23)16-8-6-14(28-4)10-18(16)30-21/h5-10,12H,11H2,1-4H3,(H,24,26)(H,25,27). The number of halogens is 1. The average Bonchev–Trinajstić information content (AvgIpc) is 3.06. The zero-order valence-corrected chi connectivity index (χ0v) is 18.7. The number of aryl methyl sites for hydroxylation is 1. The highest BCUT2D eigenvalue weighted by atomic mass is 35.5. The van der Waals surface area contributed by atoms with E-state index in [2.05, 4.69) is 24.7 Å². The Labute approximate surface area is 184 Å². The Morgan fingerprint density at radius 3 is 2.60 bits per heavy atom. The number of ether oxygens (including phenoxy) is 2. The Morgan fingerprint density at radius 2 is 1.90 bits per heavy atom. The van der Waals surface area contributed by atoms with Crippen molar-refractivity contribution in [2.75, 3.05) is 13.7 Å². The number of hydrogen-bond acceptors (Lipinski definition) is 5. The first kappa shape index (κ1) is 21.9. The summed E-state index contributed by atoms with van der Waals surface area (Å²) in [5, 5.41) is 1.09. The molecule has 0 spiro atoms. The summed E-state index contributed by atoms with van der Waals surface area (Å²) in [6, 6.07) is 11.3. The van der Waals surface area contributed by atoms with E-state index in [-0.39, 0.29) is 12.5 Å². The van der Waals surface area contributed by atoms with Crippen LogP contribution in [0.3, 0.4) is 0 Å². The van der Waals surface area contributed by atoms with Gasteiger partial charge in [-0.25, -0.2) is 0 Å². The van der Waals surface area contributed by atoms with Gasteiger partial charge < -0.3 is 9.47 Å². The zero-order chi connectivity index (χ0) is 21.8. The first-order valence-corrected chi connectivity index (χ1v) is 10.6. The van der Waals surface area contributed by atoms with Gasteiger partial charge >= 0.3 is 0 Å². The van der Waals surface area contributed by atoms with E-state index >= 15 is 0 Å². The van der Waals surface area contributed by atoms with Crippen molar-refractivity contribution in [1.29, 1.82) is 0 Å². The predicted octanol–water partition coefficient (Wildman–Crippen LogP) is 4.84. The van der Waals surface area contributed by atoms with Gasteiger partial charge in [0.05, 0.1) is 12.1 Å². The number of nitrogens with one attached hydrogen (secondary N) is 2.